The molecule has 4 nitrogen and oxygen atoms in total. The Labute approximate surface area is 124 Å². The molecule has 0 amide bonds. The Morgan fingerprint density at radius 2 is 1.62 bits per heavy atom. The van der Waals surface area contributed by atoms with E-state index in [2.05, 4.69) is 5.32 Å². The van der Waals surface area contributed by atoms with Crippen LogP contribution in [-0.2, 0) is 9.53 Å². The highest BCUT2D eigenvalue weighted by Gasteiger charge is 2.23. The van der Waals surface area contributed by atoms with Crippen molar-refractivity contribution in [2.24, 2.45) is 0 Å². The standard InChI is InChI=1S/C17H20N2O2/c1-3-21-17(20)16(12-4-8-14(18)9-5-12)13-6-10-15(19-2)11-7-13/h4-11,16,19H,3,18H2,1-2H3. The van der Waals surface area contributed by atoms with Gasteiger partial charge < -0.3 is 15.8 Å². The van der Waals surface area contributed by atoms with E-state index in [4.69, 9.17) is 10.5 Å². The Balaban J connectivity index is 2.39. The third-order valence-corrected chi connectivity index (χ3v) is 3.32. The molecule has 0 saturated heterocycles. The van der Waals surface area contributed by atoms with Gasteiger partial charge in [0.05, 0.1) is 6.61 Å². The Morgan fingerprint density at radius 1 is 1.10 bits per heavy atom. The van der Waals surface area contributed by atoms with Crippen molar-refractivity contribution in [2.75, 3.05) is 24.7 Å². The summed E-state index contributed by atoms with van der Waals surface area (Å²) < 4.78 is 5.21. The number of hydrogen-bond acceptors (Lipinski definition) is 4. The van der Waals surface area contributed by atoms with Crippen LogP contribution in [0.25, 0.3) is 0 Å². The molecule has 0 fully saturated rings. The van der Waals surface area contributed by atoms with Crippen molar-refractivity contribution >= 4 is 17.3 Å². The number of nitrogen functional groups attached to an aromatic ring is 1. The zero-order chi connectivity index (χ0) is 15.2. The van der Waals surface area contributed by atoms with Crippen LogP contribution in [0.2, 0.25) is 0 Å². The first-order valence-corrected chi connectivity index (χ1v) is 6.95. The number of ether oxygens (including phenoxy) is 1. The SMILES string of the molecule is CCOC(=O)C(c1ccc(N)cc1)c1ccc(NC)cc1. The van der Waals surface area contributed by atoms with Gasteiger partial charge in [-0.15, -0.1) is 0 Å². The van der Waals surface area contributed by atoms with Crippen LogP contribution in [-0.4, -0.2) is 19.6 Å². The zero-order valence-electron chi connectivity index (χ0n) is 12.3. The molecule has 0 aliphatic heterocycles. The van der Waals surface area contributed by atoms with E-state index in [0.717, 1.165) is 16.8 Å². The number of nitrogens with two attached hydrogens (primary N) is 1. The third kappa shape index (κ3) is 3.54. The number of benzene rings is 2. The van der Waals surface area contributed by atoms with E-state index in [9.17, 15) is 4.79 Å². The van der Waals surface area contributed by atoms with Crippen LogP contribution in [0.1, 0.15) is 24.0 Å². The predicted octanol–water partition coefficient (Wildman–Crippen LogP) is 3.01. The first-order chi connectivity index (χ1) is 10.2. The molecular formula is C17H20N2O2. The fourth-order valence-electron chi connectivity index (χ4n) is 2.22. The molecule has 0 bridgehead atoms. The summed E-state index contributed by atoms with van der Waals surface area (Å²) in [6.07, 6.45) is 0. The highest BCUT2D eigenvalue weighted by molar-refractivity contribution is 5.82. The van der Waals surface area contributed by atoms with Crippen molar-refractivity contribution in [1.82, 2.24) is 0 Å². The zero-order valence-corrected chi connectivity index (χ0v) is 12.3. The molecule has 1 atom stereocenters. The lowest BCUT2D eigenvalue weighted by molar-refractivity contribution is -0.143. The highest BCUT2D eigenvalue weighted by atomic mass is 16.5. The largest absolute Gasteiger partial charge is 0.465 e. The second-order valence-corrected chi connectivity index (χ2v) is 4.72. The molecule has 1 unspecified atom stereocenters. The molecule has 0 radical (unpaired) electrons. The van der Waals surface area contributed by atoms with Gasteiger partial charge in [0, 0.05) is 18.4 Å². The van der Waals surface area contributed by atoms with Crippen molar-refractivity contribution in [3.8, 4) is 0 Å². The minimum Gasteiger partial charge on any atom is -0.465 e. The average molecular weight is 284 g/mol. The maximum Gasteiger partial charge on any atom is 0.317 e. The van der Waals surface area contributed by atoms with Crippen molar-refractivity contribution in [1.29, 1.82) is 0 Å². The van der Waals surface area contributed by atoms with E-state index in [-0.39, 0.29) is 5.97 Å². The average Bonchev–Trinajstić information content (AvgIpc) is 2.50. The topological polar surface area (TPSA) is 64.3 Å². The minimum absolute atomic E-state index is 0.250. The van der Waals surface area contributed by atoms with Crippen LogP contribution in [0, 0.1) is 0 Å². The van der Waals surface area contributed by atoms with Gasteiger partial charge in [-0.25, -0.2) is 0 Å². The van der Waals surface area contributed by atoms with Crippen molar-refractivity contribution in [3.63, 3.8) is 0 Å². The third-order valence-electron chi connectivity index (χ3n) is 3.32. The van der Waals surface area contributed by atoms with Gasteiger partial charge in [0.2, 0.25) is 0 Å². The number of hydrogen-bond donors (Lipinski definition) is 2. The van der Waals surface area contributed by atoms with Gasteiger partial charge in [0.1, 0.15) is 5.92 Å². The normalized spacial score (nSPS) is 11.7. The summed E-state index contributed by atoms with van der Waals surface area (Å²) in [7, 11) is 1.86. The predicted molar refractivity (Wildman–Crippen MR) is 85.3 cm³/mol. The van der Waals surface area contributed by atoms with Crippen LogP contribution in [0.3, 0.4) is 0 Å². The van der Waals surface area contributed by atoms with Crippen LogP contribution in [0.4, 0.5) is 11.4 Å². The van der Waals surface area contributed by atoms with Crippen LogP contribution >= 0.6 is 0 Å². The van der Waals surface area contributed by atoms with Crippen LogP contribution in [0.15, 0.2) is 48.5 Å². The maximum absolute atomic E-state index is 12.3. The second kappa shape index (κ2) is 6.79. The summed E-state index contributed by atoms with van der Waals surface area (Å²) in [4.78, 5) is 12.3. The number of rotatable bonds is 5. The molecule has 0 spiro atoms. The Bertz CT molecular complexity index is 591. The van der Waals surface area contributed by atoms with Crippen LogP contribution in [0.5, 0.6) is 0 Å². The lowest BCUT2D eigenvalue weighted by Crippen LogP contribution is -2.17. The van der Waals surface area contributed by atoms with E-state index in [1.807, 2.05) is 50.4 Å². The Kier molecular flexibility index (Phi) is 4.82. The van der Waals surface area contributed by atoms with Gasteiger partial charge in [0.15, 0.2) is 0 Å². The molecule has 2 aromatic carbocycles. The number of carbonyl (C=O) groups is 1. The molecule has 3 N–H and O–H groups in total. The number of carbonyl (C=O) groups excluding carboxylic acids is 1. The van der Waals surface area contributed by atoms with Gasteiger partial charge in [-0.1, -0.05) is 24.3 Å². The smallest absolute Gasteiger partial charge is 0.317 e. The molecule has 4 heteroatoms. The molecule has 0 saturated carbocycles. The molecule has 2 rings (SSSR count). The van der Waals surface area contributed by atoms with E-state index in [1.165, 1.54) is 0 Å². The summed E-state index contributed by atoms with van der Waals surface area (Å²) in [5.41, 5.74) is 9.16. The van der Waals surface area contributed by atoms with E-state index < -0.39 is 5.92 Å². The van der Waals surface area contributed by atoms with Gasteiger partial charge in [-0.05, 0) is 42.3 Å². The van der Waals surface area contributed by atoms with Crippen molar-refractivity contribution in [3.05, 3.63) is 59.7 Å². The quantitative estimate of drug-likeness (QED) is 0.654. The maximum atomic E-state index is 12.3. The Hall–Kier alpha value is -2.49. The first kappa shape index (κ1) is 14.9. The minimum atomic E-state index is -0.434. The van der Waals surface area contributed by atoms with E-state index in [1.54, 1.807) is 12.1 Å². The highest BCUT2D eigenvalue weighted by Crippen LogP contribution is 2.28. The molecule has 0 aliphatic rings. The number of nitrogens with one attached hydrogen (secondary N) is 1. The van der Waals surface area contributed by atoms with Crippen molar-refractivity contribution in [2.45, 2.75) is 12.8 Å². The first-order valence-electron chi connectivity index (χ1n) is 6.95. The van der Waals surface area contributed by atoms with Crippen molar-refractivity contribution < 1.29 is 9.53 Å². The van der Waals surface area contributed by atoms with Gasteiger partial charge in [-0.2, -0.15) is 0 Å². The summed E-state index contributed by atoms with van der Waals surface area (Å²) >= 11 is 0. The van der Waals surface area contributed by atoms with E-state index >= 15 is 0 Å². The number of esters is 1. The van der Waals surface area contributed by atoms with E-state index in [0.29, 0.717) is 12.3 Å². The molecule has 0 heterocycles. The molecule has 2 aromatic rings. The molecule has 0 aliphatic carbocycles. The Morgan fingerprint density at radius 3 is 2.10 bits per heavy atom. The van der Waals surface area contributed by atoms with Gasteiger partial charge in [0.25, 0.3) is 0 Å². The van der Waals surface area contributed by atoms with Gasteiger partial charge >= 0.3 is 5.97 Å². The fraction of sp³-hybridized carbons (Fsp3) is 0.235. The molecule has 0 aromatic heterocycles. The number of anilines is 2. The van der Waals surface area contributed by atoms with Gasteiger partial charge in [-0.3, -0.25) is 4.79 Å². The monoisotopic (exact) mass is 284 g/mol. The fourth-order valence-corrected chi connectivity index (χ4v) is 2.22. The summed E-state index contributed by atoms with van der Waals surface area (Å²) in [6, 6.07) is 15.1. The van der Waals surface area contributed by atoms with Crippen LogP contribution < -0.4 is 11.1 Å². The summed E-state index contributed by atoms with van der Waals surface area (Å²) in [5.74, 6) is -0.684. The lowest BCUT2D eigenvalue weighted by atomic mass is 9.91. The molecule has 21 heavy (non-hydrogen) atoms. The molecule has 110 valence electrons. The second-order valence-electron chi connectivity index (χ2n) is 4.72. The summed E-state index contributed by atoms with van der Waals surface area (Å²) in [6.45, 7) is 2.17. The molecular weight excluding hydrogens is 264 g/mol. The lowest BCUT2D eigenvalue weighted by Gasteiger charge is -2.17. The summed E-state index contributed by atoms with van der Waals surface area (Å²) in [5, 5.41) is 3.06.